The average Bonchev–Trinajstić information content (AvgIpc) is 1.58. The van der Waals surface area contributed by atoms with Gasteiger partial charge >= 0.3 is 8.56 Å². The van der Waals surface area contributed by atoms with Crippen molar-refractivity contribution in [2.75, 3.05) is 25.5 Å². The zero-order valence-electron chi connectivity index (χ0n) is 57.6. The number of nitrogens with zero attached hydrogens (tertiary/aromatic N) is 4. The smallest absolute Gasteiger partial charge is 0.399 e. The molecular weight excluding hydrogens is 1370 g/mol. The summed E-state index contributed by atoms with van der Waals surface area (Å²) in [6.07, 6.45) is 8.58. The Morgan fingerprint density at radius 1 is 0.436 bits per heavy atom. The van der Waals surface area contributed by atoms with Crippen LogP contribution in [-0.2, 0) is 33.3 Å². The number of benzene rings is 8. The van der Waals surface area contributed by atoms with Crippen LogP contribution in [0, 0.1) is 18.9 Å². The summed E-state index contributed by atoms with van der Waals surface area (Å²) in [5, 5.41) is 0. The Balaban J connectivity index is 0.000000223. The number of sulfone groups is 2. The summed E-state index contributed by atoms with van der Waals surface area (Å²) in [5.41, 5.74) is 6.51. The Morgan fingerprint density at radius 2 is 0.752 bits per heavy atom. The van der Waals surface area contributed by atoms with E-state index in [-0.39, 0.29) is 83.2 Å². The molecule has 8 aromatic rings. The van der Waals surface area contributed by atoms with Crippen LogP contribution in [0.25, 0.3) is 0 Å². The molecule has 0 saturated heterocycles. The van der Waals surface area contributed by atoms with Gasteiger partial charge in [-0.1, -0.05) is 81.1 Å². The minimum absolute atomic E-state index is 0. The fourth-order valence-electron chi connectivity index (χ4n) is 12.6. The van der Waals surface area contributed by atoms with Gasteiger partial charge in [0.25, 0.3) is 47.3 Å². The summed E-state index contributed by atoms with van der Waals surface area (Å²) in [7, 11) is -12.9. The molecular formula is C76H76N4O16S2Si3. The Bertz CT molecular complexity index is 5060. The highest BCUT2D eigenvalue weighted by molar-refractivity contribution is 7.91. The van der Waals surface area contributed by atoms with E-state index in [1.165, 1.54) is 80.3 Å². The Morgan fingerprint density at radius 3 is 1.15 bits per heavy atom. The number of fused-ring (bicyclic) bond motifs is 4. The van der Waals surface area contributed by atoms with Gasteiger partial charge in [0.2, 0.25) is 19.7 Å². The number of hydrogen-bond donors (Lipinski definition) is 0. The first kappa shape index (κ1) is 72.2. The summed E-state index contributed by atoms with van der Waals surface area (Å²) in [6, 6.07) is 46.8. The van der Waals surface area contributed by atoms with Crippen LogP contribution in [0.15, 0.2) is 189 Å². The third-order valence-corrected chi connectivity index (χ3v) is 33.1. The molecule has 20 nitrogen and oxygen atoms in total. The molecule has 8 amide bonds. The van der Waals surface area contributed by atoms with Crippen LogP contribution in [0.2, 0.25) is 44.8 Å². The molecule has 12 rings (SSSR count). The van der Waals surface area contributed by atoms with E-state index < -0.39 is 92.1 Å². The first-order valence-corrected chi connectivity index (χ1v) is 44.2. The number of rotatable bonds is 22. The van der Waals surface area contributed by atoms with E-state index in [2.05, 4.69) is 64.6 Å². The van der Waals surface area contributed by atoms with Crippen molar-refractivity contribution in [2.24, 2.45) is 0 Å². The van der Waals surface area contributed by atoms with Crippen molar-refractivity contribution >= 4 is 97.8 Å². The number of carbonyl (C=O) groups is 8. The van der Waals surface area contributed by atoms with Crippen LogP contribution in [0.4, 0.5) is 5.69 Å². The van der Waals surface area contributed by atoms with Crippen molar-refractivity contribution < 1.29 is 74.3 Å². The number of aryl methyl sites for hydroxylation is 1. The van der Waals surface area contributed by atoms with Crippen molar-refractivity contribution in [2.45, 2.75) is 117 Å². The molecule has 8 aromatic carbocycles. The number of terminal acetylenes is 1. The van der Waals surface area contributed by atoms with Crippen LogP contribution >= 0.6 is 0 Å². The van der Waals surface area contributed by atoms with Crippen molar-refractivity contribution in [1.29, 1.82) is 0 Å². The van der Waals surface area contributed by atoms with E-state index >= 15 is 0 Å². The zero-order valence-corrected chi connectivity index (χ0v) is 62.3. The highest BCUT2D eigenvalue weighted by Gasteiger charge is 2.45. The second kappa shape index (κ2) is 27.5. The van der Waals surface area contributed by atoms with Crippen LogP contribution in [0.5, 0.6) is 23.0 Å². The summed E-state index contributed by atoms with van der Waals surface area (Å²) >= 11 is 0. The molecule has 101 heavy (non-hydrogen) atoms. The summed E-state index contributed by atoms with van der Waals surface area (Å²) in [4.78, 5) is 106. The Labute approximate surface area is 591 Å². The molecule has 1 atom stereocenters. The van der Waals surface area contributed by atoms with Gasteiger partial charge in [0.1, 0.15) is 23.0 Å². The third kappa shape index (κ3) is 14.3. The Kier molecular flexibility index (Phi) is 19.6. The SMILES string of the molecule is C#C[Si](C)(O[Si](C)(C)CCCC)O[Si](C)(C)CCCN1C(=O)c2ccc(S(=O)(=O)c3ccc4c(c3)C(=O)N(C)C4=O)cc2C1=O.Cc1ccc(Oc2ccc(C(C)(C)c3ccc(Oc4ccc(N5C(=O)c6ccc(S(=O)(=O)c7ccc8c(c7)C(=O)N(C)C8=O)cc6C5=O)cc4)cc3)cc2)cc1.[HH]. The molecule has 4 aliphatic rings. The molecule has 0 bridgehead atoms. The van der Waals surface area contributed by atoms with Gasteiger partial charge in [0.05, 0.1) is 69.8 Å². The average molecular weight is 1450 g/mol. The van der Waals surface area contributed by atoms with Gasteiger partial charge in [-0.2, -0.15) is 0 Å². The molecule has 0 aromatic heterocycles. The number of amides is 8. The highest BCUT2D eigenvalue weighted by atomic mass is 32.2. The van der Waals surface area contributed by atoms with Crippen LogP contribution in [0.1, 0.15) is 141 Å². The molecule has 520 valence electrons. The van der Waals surface area contributed by atoms with E-state index in [0.29, 0.717) is 24.0 Å². The van der Waals surface area contributed by atoms with Gasteiger partial charge in [-0.05, 0) is 203 Å². The molecule has 4 heterocycles. The maximum Gasteiger partial charge on any atom is 0.399 e. The van der Waals surface area contributed by atoms with Crippen molar-refractivity contribution in [3.63, 3.8) is 0 Å². The molecule has 0 N–H and O–H groups in total. The first-order chi connectivity index (χ1) is 47.6. The zero-order chi connectivity index (χ0) is 73.1. The third-order valence-electron chi connectivity index (χ3n) is 18.4. The number of carbonyl (C=O) groups excluding carboxylic acids is 8. The molecule has 4 aliphatic heterocycles. The monoisotopic (exact) mass is 1450 g/mol. The number of ether oxygens (including phenoxy) is 2. The predicted octanol–water partition coefficient (Wildman–Crippen LogP) is 14.2. The van der Waals surface area contributed by atoms with Gasteiger partial charge in [-0.15, -0.1) is 6.42 Å². The maximum absolute atomic E-state index is 13.6. The highest BCUT2D eigenvalue weighted by Crippen LogP contribution is 2.39. The first-order valence-electron chi connectivity index (χ1n) is 32.7. The second-order valence-electron chi connectivity index (χ2n) is 27.1. The maximum atomic E-state index is 13.6. The lowest BCUT2D eigenvalue weighted by atomic mass is 9.78. The fourth-order valence-corrected chi connectivity index (χ4v) is 27.7. The van der Waals surface area contributed by atoms with Gasteiger partial charge in [0.15, 0.2) is 16.6 Å². The van der Waals surface area contributed by atoms with Crippen molar-refractivity contribution in [1.82, 2.24) is 14.7 Å². The van der Waals surface area contributed by atoms with Crippen LogP contribution in [0.3, 0.4) is 0 Å². The normalized spacial score (nSPS) is 15.1. The number of unbranched alkanes of at least 4 members (excludes halogenated alkanes) is 1. The van der Waals surface area contributed by atoms with Gasteiger partial charge < -0.3 is 17.7 Å². The number of anilines is 1. The van der Waals surface area contributed by atoms with E-state index in [9.17, 15) is 55.2 Å². The summed E-state index contributed by atoms with van der Waals surface area (Å²) < 4.78 is 79.3. The topological polar surface area (TPSA) is 255 Å². The quantitative estimate of drug-likeness (QED) is 0.0347. The molecule has 0 aliphatic carbocycles. The van der Waals surface area contributed by atoms with E-state index in [1.807, 2.05) is 74.1 Å². The largest absolute Gasteiger partial charge is 0.457 e. The molecule has 0 radical (unpaired) electrons. The second-order valence-corrected chi connectivity index (χ2v) is 42.8. The van der Waals surface area contributed by atoms with Gasteiger partial charge in [-0.25, -0.2) is 21.7 Å². The molecule has 0 fully saturated rings. The lowest BCUT2D eigenvalue weighted by Crippen LogP contribution is -2.53. The van der Waals surface area contributed by atoms with Gasteiger partial charge in [0, 0.05) is 27.5 Å². The van der Waals surface area contributed by atoms with E-state index in [1.54, 1.807) is 24.3 Å². The minimum atomic E-state index is -4.22. The lowest BCUT2D eigenvalue weighted by molar-refractivity contribution is 0.0646. The molecule has 25 heteroatoms. The molecule has 0 saturated carbocycles. The standard InChI is InChI=1S/C45H34N2O8S.C31H40N2O8SSi3.H2/c1-27-5-13-31(14-6-27)54-32-15-7-28(8-16-32)45(2,3)29-9-17-33(18-10-29)55-34-19-11-30(12-20-34)47-43(50)38-24-22-36(26-40(38)44(47)51)56(52,53)35-21-23-37-39(25-35)42(49)46(4)41(37)48;1-9-11-18-43(4,5)40-45(8,10-2)41-44(6,7)19-12-17-33-30(36)25-16-14-23(21-27(25)31(33)37)42(38,39)22-13-15-24-26(20-22)29(35)32(3)28(24)34;/h5-26H,1-4H3;2,13-16,20-21H,9,11-12,17-19H2,1,3-8H3;1H. The molecule has 0 spiro atoms. The predicted molar refractivity (Wildman–Crippen MR) is 388 cm³/mol. The Hall–Kier alpha value is -10.0. The summed E-state index contributed by atoms with van der Waals surface area (Å²) in [5.74, 6) is -1.95. The van der Waals surface area contributed by atoms with E-state index in [0.717, 1.165) is 73.2 Å². The minimum Gasteiger partial charge on any atom is -0.457 e. The lowest BCUT2D eigenvalue weighted by Gasteiger charge is -2.37. The number of imide groups is 4. The van der Waals surface area contributed by atoms with Gasteiger partial charge in [-0.3, -0.25) is 53.1 Å². The molecule has 1 unspecified atom stereocenters. The van der Waals surface area contributed by atoms with Crippen LogP contribution in [-0.4, -0.2) is 125 Å². The van der Waals surface area contributed by atoms with Crippen molar-refractivity contribution in [3.8, 4) is 35.0 Å². The number of hydrogen-bond acceptors (Lipinski definition) is 16. The van der Waals surface area contributed by atoms with Crippen molar-refractivity contribution in [3.05, 3.63) is 231 Å². The van der Waals surface area contributed by atoms with Crippen LogP contribution < -0.4 is 14.4 Å². The van der Waals surface area contributed by atoms with E-state index in [4.69, 9.17) is 24.1 Å². The fraction of sp³-hybridized carbons (Fsp3) is 0.237. The summed E-state index contributed by atoms with van der Waals surface area (Å²) in [6.45, 7) is 19.0.